The highest BCUT2D eigenvalue weighted by molar-refractivity contribution is 5.81. The van der Waals surface area contributed by atoms with Crippen LogP contribution in [0.4, 0.5) is 0 Å². The molecular weight excluding hydrogens is 392 g/mol. The molecule has 0 heterocycles. The van der Waals surface area contributed by atoms with Crippen molar-refractivity contribution in [2.45, 2.75) is 168 Å². The number of hydrogen-bond acceptors (Lipinski definition) is 2. The first-order chi connectivity index (χ1) is 15.8. The Morgan fingerprint density at radius 3 is 1.25 bits per heavy atom. The second-order valence-corrected chi connectivity index (χ2v) is 9.78. The molecule has 0 unspecified atom stereocenters. The van der Waals surface area contributed by atoms with Crippen LogP contribution < -0.4 is 0 Å². The molecule has 0 aliphatic rings. The molecule has 0 aromatic heterocycles. The summed E-state index contributed by atoms with van der Waals surface area (Å²) >= 11 is 0. The summed E-state index contributed by atoms with van der Waals surface area (Å²) in [5, 5.41) is 0. The highest BCUT2D eigenvalue weighted by Crippen LogP contribution is 2.13. The zero-order chi connectivity index (χ0) is 23.4. The van der Waals surface area contributed by atoms with Crippen LogP contribution >= 0.6 is 0 Å². The second kappa shape index (κ2) is 28.2. The Hall–Kier alpha value is -0.790. The fourth-order valence-electron chi connectivity index (χ4n) is 4.27. The van der Waals surface area contributed by atoms with E-state index in [1.54, 1.807) is 6.08 Å². The van der Waals surface area contributed by atoms with Crippen molar-refractivity contribution in [2.24, 2.45) is 0 Å². The minimum Gasteiger partial charge on any atom is -0.463 e. The molecule has 0 aromatic carbocycles. The molecule has 190 valence electrons. The molecule has 0 saturated heterocycles. The summed E-state index contributed by atoms with van der Waals surface area (Å²) < 4.78 is 5.32. The molecule has 2 heteroatoms. The fraction of sp³-hybridized carbons (Fsp3) is 0.900. The lowest BCUT2D eigenvalue weighted by molar-refractivity contribution is -0.137. The van der Waals surface area contributed by atoms with Crippen LogP contribution in [0.3, 0.4) is 0 Å². The number of esters is 1. The fourth-order valence-corrected chi connectivity index (χ4v) is 4.27. The molecule has 0 amide bonds. The SMILES string of the molecule is CCCCCCCCCCC/C=C/C(=O)OCCCCCCCCCCCCCCCC. The summed E-state index contributed by atoms with van der Waals surface area (Å²) in [6, 6.07) is 0. The second-order valence-electron chi connectivity index (χ2n) is 9.78. The number of rotatable bonds is 26. The van der Waals surface area contributed by atoms with Gasteiger partial charge in [-0.1, -0.05) is 155 Å². The summed E-state index contributed by atoms with van der Waals surface area (Å²) in [6.07, 6.45) is 35.6. The third kappa shape index (κ3) is 27.2. The number of carbonyl (C=O) groups excluding carboxylic acids is 1. The van der Waals surface area contributed by atoms with Gasteiger partial charge < -0.3 is 4.74 Å². The normalized spacial score (nSPS) is 11.4. The van der Waals surface area contributed by atoms with Crippen molar-refractivity contribution in [3.63, 3.8) is 0 Å². The van der Waals surface area contributed by atoms with Crippen LogP contribution in [0.15, 0.2) is 12.2 Å². The Kier molecular flexibility index (Phi) is 27.5. The maximum atomic E-state index is 11.7. The van der Waals surface area contributed by atoms with Gasteiger partial charge in [-0.05, 0) is 19.3 Å². The van der Waals surface area contributed by atoms with E-state index in [1.807, 2.05) is 6.08 Å². The number of carbonyl (C=O) groups is 1. The predicted octanol–water partition coefficient (Wildman–Crippen LogP) is 10.5. The summed E-state index contributed by atoms with van der Waals surface area (Å²) in [7, 11) is 0. The Morgan fingerprint density at radius 1 is 0.500 bits per heavy atom. The minimum absolute atomic E-state index is 0.157. The van der Waals surface area contributed by atoms with Crippen molar-refractivity contribution in [3.8, 4) is 0 Å². The molecule has 2 nitrogen and oxygen atoms in total. The van der Waals surface area contributed by atoms with Gasteiger partial charge in [0, 0.05) is 6.08 Å². The van der Waals surface area contributed by atoms with Crippen LogP contribution in [0.25, 0.3) is 0 Å². The molecule has 0 aliphatic heterocycles. The molecular formula is C30H58O2. The monoisotopic (exact) mass is 450 g/mol. The van der Waals surface area contributed by atoms with E-state index in [2.05, 4.69) is 13.8 Å². The van der Waals surface area contributed by atoms with Crippen molar-refractivity contribution in [2.75, 3.05) is 6.61 Å². The van der Waals surface area contributed by atoms with Gasteiger partial charge in [0.1, 0.15) is 0 Å². The van der Waals surface area contributed by atoms with E-state index in [0.717, 1.165) is 12.8 Å². The molecule has 32 heavy (non-hydrogen) atoms. The smallest absolute Gasteiger partial charge is 0.330 e. The molecule has 0 fully saturated rings. The first kappa shape index (κ1) is 31.2. The van der Waals surface area contributed by atoms with E-state index in [0.29, 0.717) is 6.61 Å². The number of allylic oxidation sites excluding steroid dienone is 1. The zero-order valence-electron chi connectivity index (χ0n) is 22.1. The van der Waals surface area contributed by atoms with Gasteiger partial charge >= 0.3 is 5.97 Å². The van der Waals surface area contributed by atoms with Crippen LogP contribution in [0, 0.1) is 0 Å². The third-order valence-corrected chi connectivity index (χ3v) is 6.47. The van der Waals surface area contributed by atoms with Gasteiger partial charge in [0.25, 0.3) is 0 Å². The topological polar surface area (TPSA) is 26.3 Å². The van der Waals surface area contributed by atoms with E-state index >= 15 is 0 Å². The van der Waals surface area contributed by atoms with E-state index in [4.69, 9.17) is 4.74 Å². The Balaban J connectivity index is 3.21. The molecule has 0 spiro atoms. The largest absolute Gasteiger partial charge is 0.463 e. The lowest BCUT2D eigenvalue weighted by Gasteiger charge is -2.04. The number of unbranched alkanes of at least 4 members (excludes halogenated alkanes) is 22. The first-order valence-electron chi connectivity index (χ1n) is 14.6. The minimum atomic E-state index is -0.157. The van der Waals surface area contributed by atoms with Crippen LogP contribution in [0.2, 0.25) is 0 Å². The quantitative estimate of drug-likeness (QED) is 0.0744. The average molecular weight is 451 g/mol. The van der Waals surface area contributed by atoms with Crippen LogP contribution in [-0.2, 0) is 9.53 Å². The van der Waals surface area contributed by atoms with Crippen LogP contribution in [0.1, 0.15) is 168 Å². The van der Waals surface area contributed by atoms with E-state index in [1.165, 1.54) is 141 Å². The van der Waals surface area contributed by atoms with Gasteiger partial charge in [-0.3, -0.25) is 0 Å². The van der Waals surface area contributed by atoms with Gasteiger partial charge in [0.05, 0.1) is 6.61 Å². The zero-order valence-corrected chi connectivity index (χ0v) is 22.1. The highest BCUT2D eigenvalue weighted by atomic mass is 16.5. The standard InChI is InChI=1S/C30H58O2/c1-3-5-7-9-11-13-15-16-17-19-21-23-25-27-29-32-30(31)28-26-24-22-20-18-14-12-10-8-6-4-2/h26,28H,3-25,27,29H2,1-2H3/b28-26+. The first-order valence-corrected chi connectivity index (χ1v) is 14.6. The molecule has 0 bridgehead atoms. The lowest BCUT2D eigenvalue weighted by Crippen LogP contribution is -2.02. The van der Waals surface area contributed by atoms with Gasteiger partial charge in [-0.2, -0.15) is 0 Å². The molecule has 0 atom stereocenters. The maximum absolute atomic E-state index is 11.7. The molecule has 0 saturated carbocycles. The van der Waals surface area contributed by atoms with E-state index < -0.39 is 0 Å². The average Bonchev–Trinajstić information content (AvgIpc) is 2.80. The third-order valence-electron chi connectivity index (χ3n) is 6.47. The lowest BCUT2D eigenvalue weighted by atomic mass is 10.0. The van der Waals surface area contributed by atoms with Crippen molar-refractivity contribution < 1.29 is 9.53 Å². The summed E-state index contributed by atoms with van der Waals surface area (Å²) in [5.41, 5.74) is 0. The van der Waals surface area contributed by atoms with Gasteiger partial charge in [0.2, 0.25) is 0 Å². The Labute approximate surface area is 202 Å². The predicted molar refractivity (Wildman–Crippen MR) is 142 cm³/mol. The number of ether oxygens (including phenoxy) is 1. The van der Waals surface area contributed by atoms with Crippen molar-refractivity contribution in [3.05, 3.63) is 12.2 Å². The molecule has 0 aliphatic carbocycles. The van der Waals surface area contributed by atoms with Crippen LogP contribution in [-0.4, -0.2) is 12.6 Å². The van der Waals surface area contributed by atoms with Crippen molar-refractivity contribution in [1.82, 2.24) is 0 Å². The van der Waals surface area contributed by atoms with Crippen molar-refractivity contribution in [1.29, 1.82) is 0 Å². The molecule has 0 radical (unpaired) electrons. The summed E-state index contributed by atoms with van der Waals surface area (Å²) in [5.74, 6) is -0.157. The molecule has 0 aromatic rings. The molecule has 0 rings (SSSR count). The summed E-state index contributed by atoms with van der Waals surface area (Å²) in [4.78, 5) is 11.7. The van der Waals surface area contributed by atoms with Crippen molar-refractivity contribution >= 4 is 5.97 Å². The van der Waals surface area contributed by atoms with Gasteiger partial charge in [0.15, 0.2) is 0 Å². The van der Waals surface area contributed by atoms with E-state index in [9.17, 15) is 4.79 Å². The Morgan fingerprint density at radius 2 is 0.844 bits per heavy atom. The highest BCUT2D eigenvalue weighted by Gasteiger charge is 1.98. The Bertz CT molecular complexity index is 388. The van der Waals surface area contributed by atoms with Crippen LogP contribution in [0.5, 0.6) is 0 Å². The summed E-state index contributed by atoms with van der Waals surface area (Å²) in [6.45, 7) is 5.13. The number of hydrogen-bond donors (Lipinski definition) is 0. The van der Waals surface area contributed by atoms with E-state index in [-0.39, 0.29) is 5.97 Å². The van der Waals surface area contributed by atoms with Gasteiger partial charge in [-0.15, -0.1) is 0 Å². The van der Waals surface area contributed by atoms with Gasteiger partial charge in [-0.25, -0.2) is 4.79 Å². The maximum Gasteiger partial charge on any atom is 0.330 e. The molecule has 0 N–H and O–H groups in total.